The highest BCUT2D eigenvalue weighted by Crippen LogP contribution is 2.28. The highest BCUT2D eigenvalue weighted by molar-refractivity contribution is 7.16. The fourth-order valence-corrected chi connectivity index (χ4v) is 3.28. The number of aryl methyl sites for hydroxylation is 1. The van der Waals surface area contributed by atoms with Crippen molar-refractivity contribution >= 4 is 39.2 Å². The first-order chi connectivity index (χ1) is 12.0. The van der Waals surface area contributed by atoms with Crippen LogP contribution >= 0.6 is 11.3 Å². The Morgan fingerprint density at radius 1 is 1.24 bits per heavy atom. The Balaban J connectivity index is 1.94. The van der Waals surface area contributed by atoms with E-state index in [4.69, 9.17) is 14.6 Å². The van der Waals surface area contributed by atoms with Crippen LogP contribution in [0.3, 0.4) is 0 Å². The zero-order chi connectivity index (χ0) is 18.0. The van der Waals surface area contributed by atoms with E-state index in [0.29, 0.717) is 16.1 Å². The molecule has 25 heavy (non-hydrogen) atoms. The maximum atomic E-state index is 12.6. The third-order valence-corrected chi connectivity index (χ3v) is 4.46. The van der Waals surface area contributed by atoms with Crippen LogP contribution < -0.4 is 10.9 Å². The van der Waals surface area contributed by atoms with E-state index < -0.39 is 11.9 Å². The van der Waals surface area contributed by atoms with Crippen LogP contribution in [0.15, 0.2) is 40.8 Å². The molecule has 0 saturated carbocycles. The van der Waals surface area contributed by atoms with Gasteiger partial charge in [0, 0.05) is 10.3 Å². The van der Waals surface area contributed by atoms with Crippen molar-refractivity contribution in [3.63, 3.8) is 0 Å². The van der Waals surface area contributed by atoms with Crippen molar-refractivity contribution in [3.05, 3.63) is 58.0 Å². The number of nitrogens with one attached hydrogen (secondary N) is 2. The van der Waals surface area contributed by atoms with E-state index >= 15 is 0 Å². The number of anilines is 1. The summed E-state index contributed by atoms with van der Waals surface area (Å²) >= 11 is 1.28. The molecule has 2 N–H and O–H groups in total. The van der Waals surface area contributed by atoms with Crippen LogP contribution in [0.4, 0.5) is 5.00 Å². The smallest absolute Gasteiger partial charge is 0.341 e. The average Bonchev–Trinajstić information content (AvgIpc) is 2.94. The molecule has 3 aromatic rings. The summed E-state index contributed by atoms with van der Waals surface area (Å²) in [5.41, 5.74) is 0.701. The molecule has 0 aliphatic carbocycles. The normalized spacial score (nSPS) is 10.6. The fraction of sp³-hybridized carbons (Fsp3) is 0.167. The highest BCUT2D eigenvalue weighted by Gasteiger charge is 2.20. The molecule has 0 spiro atoms. The Kier molecular flexibility index (Phi) is 4.67. The Bertz CT molecular complexity index is 1020. The maximum Gasteiger partial charge on any atom is 0.341 e. The predicted octanol–water partition coefficient (Wildman–Crippen LogP) is 3.71. The summed E-state index contributed by atoms with van der Waals surface area (Å²) in [7, 11) is 0. The zero-order valence-electron chi connectivity index (χ0n) is 13.7. The zero-order valence-corrected chi connectivity index (χ0v) is 14.5. The number of ether oxygens (including phenoxy) is 1. The molecule has 128 valence electrons. The molecule has 2 aromatic heterocycles. The summed E-state index contributed by atoms with van der Waals surface area (Å²) in [4.78, 5) is 25.5. The standard InChI is InChI=1S/C18H16N2O4S/c1-3-23-18(22)13-8-10(2)25-17(13)20-16(21)12-9-11-6-4-5-7-14(11)24-15(12)19/h4-9,19H,3H2,1-2H3,(H,20,21). The molecule has 0 radical (unpaired) electrons. The van der Waals surface area contributed by atoms with Crippen LogP contribution in [0.5, 0.6) is 0 Å². The Morgan fingerprint density at radius 2 is 2.00 bits per heavy atom. The molecule has 0 fully saturated rings. The van der Waals surface area contributed by atoms with Crippen molar-refractivity contribution in [2.45, 2.75) is 13.8 Å². The molecule has 2 heterocycles. The number of fused-ring (bicyclic) bond motifs is 1. The number of carbonyl (C=O) groups excluding carboxylic acids is 2. The quantitative estimate of drug-likeness (QED) is 0.697. The van der Waals surface area contributed by atoms with Gasteiger partial charge in [0.2, 0.25) is 5.55 Å². The number of hydrogen-bond acceptors (Lipinski definition) is 6. The van der Waals surface area contributed by atoms with E-state index in [2.05, 4.69) is 5.32 Å². The van der Waals surface area contributed by atoms with Crippen molar-refractivity contribution in [3.8, 4) is 0 Å². The molecule has 0 aliphatic rings. The third-order valence-electron chi connectivity index (χ3n) is 3.50. The monoisotopic (exact) mass is 356 g/mol. The molecule has 0 aliphatic heterocycles. The van der Waals surface area contributed by atoms with Crippen molar-refractivity contribution in [2.24, 2.45) is 0 Å². The van der Waals surface area contributed by atoms with E-state index in [1.165, 1.54) is 11.3 Å². The SMILES string of the molecule is CCOC(=O)c1cc(C)sc1NC(=O)c1cc2ccccc2oc1=N. The molecule has 6 nitrogen and oxygen atoms in total. The summed E-state index contributed by atoms with van der Waals surface area (Å²) < 4.78 is 10.4. The lowest BCUT2D eigenvalue weighted by molar-refractivity contribution is 0.0528. The number of rotatable bonds is 4. The molecule has 0 bridgehead atoms. The van der Waals surface area contributed by atoms with Gasteiger partial charge >= 0.3 is 5.97 Å². The molecular formula is C18H16N2O4S. The molecule has 3 rings (SSSR count). The largest absolute Gasteiger partial charge is 0.462 e. The summed E-state index contributed by atoms with van der Waals surface area (Å²) in [6.45, 7) is 3.81. The maximum absolute atomic E-state index is 12.6. The van der Waals surface area contributed by atoms with Gasteiger partial charge in [-0.05, 0) is 32.0 Å². The molecule has 1 amide bonds. The van der Waals surface area contributed by atoms with Gasteiger partial charge in [0.15, 0.2) is 0 Å². The second-order valence-electron chi connectivity index (χ2n) is 5.30. The van der Waals surface area contributed by atoms with Crippen LogP contribution in [0, 0.1) is 12.3 Å². The first-order valence-electron chi connectivity index (χ1n) is 7.66. The van der Waals surface area contributed by atoms with Crippen LogP contribution in [-0.2, 0) is 4.74 Å². The minimum absolute atomic E-state index is 0.0968. The third kappa shape index (κ3) is 3.46. The number of benzene rings is 1. The minimum atomic E-state index is -0.507. The average molecular weight is 356 g/mol. The Morgan fingerprint density at radius 3 is 2.76 bits per heavy atom. The Hall–Kier alpha value is -2.93. The second kappa shape index (κ2) is 6.90. The van der Waals surface area contributed by atoms with E-state index in [1.54, 1.807) is 37.3 Å². The van der Waals surface area contributed by atoms with Gasteiger partial charge in [-0.2, -0.15) is 0 Å². The van der Waals surface area contributed by atoms with Gasteiger partial charge in [0.1, 0.15) is 16.1 Å². The number of esters is 1. The molecule has 1 aromatic carbocycles. The van der Waals surface area contributed by atoms with Crippen LogP contribution in [0.2, 0.25) is 0 Å². The molecule has 0 saturated heterocycles. The van der Waals surface area contributed by atoms with Crippen molar-refractivity contribution in [1.29, 1.82) is 5.41 Å². The van der Waals surface area contributed by atoms with Crippen LogP contribution in [0.25, 0.3) is 11.0 Å². The first kappa shape index (κ1) is 16.9. The lowest BCUT2D eigenvalue weighted by Crippen LogP contribution is -2.21. The highest BCUT2D eigenvalue weighted by atomic mass is 32.1. The van der Waals surface area contributed by atoms with Crippen LogP contribution in [-0.4, -0.2) is 18.5 Å². The second-order valence-corrected chi connectivity index (χ2v) is 6.56. The Labute approximate surface area is 147 Å². The van der Waals surface area contributed by atoms with E-state index in [1.807, 2.05) is 13.0 Å². The van der Waals surface area contributed by atoms with Gasteiger partial charge in [-0.15, -0.1) is 11.3 Å². The molecule has 0 unspecified atom stereocenters. The number of amides is 1. The van der Waals surface area contributed by atoms with Gasteiger partial charge < -0.3 is 14.5 Å². The van der Waals surface area contributed by atoms with E-state index in [9.17, 15) is 9.59 Å². The minimum Gasteiger partial charge on any atom is -0.462 e. The van der Waals surface area contributed by atoms with Crippen molar-refractivity contribution in [2.75, 3.05) is 11.9 Å². The fourth-order valence-electron chi connectivity index (χ4n) is 2.39. The van der Waals surface area contributed by atoms with Gasteiger partial charge in [0.25, 0.3) is 5.91 Å². The summed E-state index contributed by atoms with van der Waals surface area (Å²) in [5, 5.41) is 11.7. The number of carbonyl (C=O) groups is 2. The predicted molar refractivity (Wildman–Crippen MR) is 95.0 cm³/mol. The summed E-state index contributed by atoms with van der Waals surface area (Å²) in [6, 6.07) is 10.4. The van der Waals surface area contributed by atoms with Crippen molar-refractivity contribution in [1.82, 2.24) is 0 Å². The number of thiophene rings is 1. The first-order valence-corrected chi connectivity index (χ1v) is 8.47. The van der Waals surface area contributed by atoms with Gasteiger partial charge in [-0.3, -0.25) is 10.2 Å². The number of para-hydroxylation sites is 1. The summed E-state index contributed by atoms with van der Waals surface area (Å²) in [6.07, 6.45) is 0. The topological polar surface area (TPSA) is 92.4 Å². The number of hydrogen-bond donors (Lipinski definition) is 2. The summed E-state index contributed by atoms with van der Waals surface area (Å²) in [5.74, 6) is -0.997. The van der Waals surface area contributed by atoms with Crippen LogP contribution in [0.1, 0.15) is 32.5 Å². The van der Waals surface area contributed by atoms with Gasteiger partial charge in [-0.1, -0.05) is 18.2 Å². The van der Waals surface area contributed by atoms with Gasteiger partial charge in [-0.25, -0.2) is 4.79 Å². The van der Waals surface area contributed by atoms with E-state index in [-0.39, 0.29) is 17.7 Å². The molecule has 0 atom stereocenters. The van der Waals surface area contributed by atoms with Crippen molar-refractivity contribution < 1.29 is 18.7 Å². The van der Waals surface area contributed by atoms with Gasteiger partial charge in [0.05, 0.1) is 12.2 Å². The molecule has 7 heteroatoms. The lowest BCUT2D eigenvalue weighted by Gasteiger charge is -2.07. The lowest BCUT2D eigenvalue weighted by atomic mass is 10.1. The van der Waals surface area contributed by atoms with E-state index in [0.717, 1.165) is 10.3 Å². The molecular weight excluding hydrogens is 340 g/mol.